The average molecular weight is 226 g/mol. The van der Waals surface area contributed by atoms with E-state index in [1.165, 1.54) is 6.42 Å². The molecule has 16 heavy (non-hydrogen) atoms. The molecule has 5 nitrogen and oxygen atoms in total. The predicted octanol–water partition coefficient (Wildman–Crippen LogP) is 0.758. The molecule has 0 radical (unpaired) electrons. The molecule has 5 heteroatoms. The van der Waals surface area contributed by atoms with Crippen molar-refractivity contribution in [3.8, 4) is 0 Å². The van der Waals surface area contributed by atoms with Gasteiger partial charge in [0.15, 0.2) is 0 Å². The third-order valence-corrected chi connectivity index (χ3v) is 3.67. The van der Waals surface area contributed by atoms with Gasteiger partial charge in [0.25, 0.3) is 5.91 Å². The van der Waals surface area contributed by atoms with Gasteiger partial charge in [-0.3, -0.25) is 15.0 Å². The average Bonchev–Trinajstić information content (AvgIpc) is 2.16. The van der Waals surface area contributed by atoms with Gasteiger partial charge in [-0.2, -0.15) is 0 Å². The van der Waals surface area contributed by atoms with E-state index in [1.807, 2.05) is 5.01 Å². The number of aliphatic carboxylic acids is 1. The molecule has 1 saturated carbocycles. The number of hydrogen-bond donors (Lipinski definition) is 2. The summed E-state index contributed by atoms with van der Waals surface area (Å²) in [7, 11) is 0. The van der Waals surface area contributed by atoms with Crippen molar-refractivity contribution >= 4 is 11.9 Å². The summed E-state index contributed by atoms with van der Waals surface area (Å²) in [6, 6.07) is 0. The first-order valence-corrected chi connectivity index (χ1v) is 5.95. The van der Waals surface area contributed by atoms with Crippen LogP contribution in [-0.2, 0) is 9.59 Å². The molecule has 1 heterocycles. The number of nitrogens with zero attached hydrogens (tertiary/aromatic N) is 1. The summed E-state index contributed by atoms with van der Waals surface area (Å²) < 4.78 is 0. The van der Waals surface area contributed by atoms with E-state index < -0.39 is 11.4 Å². The lowest BCUT2D eigenvalue weighted by Crippen LogP contribution is -2.56. The Morgan fingerprint density at radius 3 is 2.12 bits per heavy atom. The number of carboxylic acids is 1. The number of carboxylic acid groups (broad SMARTS) is 1. The Hall–Kier alpha value is -1.10. The SMILES string of the molecule is O=C(O)C1(C(=O)NN2CCCCC2)CCC1. The highest BCUT2D eigenvalue weighted by atomic mass is 16.4. The third-order valence-electron chi connectivity index (χ3n) is 3.67. The fraction of sp³-hybridized carbons (Fsp3) is 0.818. The van der Waals surface area contributed by atoms with Crippen LogP contribution in [0.3, 0.4) is 0 Å². The van der Waals surface area contributed by atoms with E-state index in [9.17, 15) is 9.59 Å². The molecule has 0 aromatic heterocycles. The fourth-order valence-electron chi connectivity index (χ4n) is 2.32. The van der Waals surface area contributed by atoms with E-state index in [0.717, 1.165) is 32.4 Å². The van der Waals surface area contributed by atoms with E-state index in [4.69, 9.17) is 5.11 Å². The topological polar surface area (TPSA) is 69.6 Å². The van der Waals surface area contributed by atoms with Gasteiger partial charge in [0, 0.05) is 13.1 Å². The molecule has 0 atom stereocenters. The molecule has 2 N–H and O–H groups in total. The molecule has 2 aliphatic rings. The van der Waals surface area contributed by atoms with E-state index in [1.54, 1.807) is 0 Å². The Bertz CT molecular complexity index is 294. The van der Waals surface area contributed by atoms with E-state index in [0.29, 0.717) is 12.8 Å². The molecule has 1 aliphatic heterocycles. The Morgan fingerprint density at radius 2 is 1.69 bits per heavy atom. The monoisotopic (exact) mass is 226 g/mol. The third kappa shape index (κ3) is 1.91. The highest BCUT2D eigenvalue weighted by molar-refractivity contribution is 6.02. The highest BCUT2D eigenvalue weighted by Crippen LogP contribution is 2.41. The Morgan fingerprint density at radius 1 is 1.06 bits per heavy atom. The maximum absolute atomic E-state index is 11.9. The van der Waals surface area contributed by atoms with E-state index >= 15 is 0 Å². The molecule has 90 valence electrons. The summed E-state index contributed by atoms with van der Waals surface area (Å²) in [5, 5.41) is 11.0. The second-order valence-corrected chi connectivity index (χ2v) is 4.73. The van der Waals surface area contributed by atoms with Crippen molar-refractivity contribution in [1.29, 1.82) is 0 Å². The van der Waals surface area contributed by atoms with Crippen LogP contribution in [0.2, 0.25) is 0 Å². The van der Waals surface area contributed by atoms with Gasteiger partial charge in [-0.05, 0) is 25.7 Å². The standard InChI is InChI=1S/C11H18N2O3/c14-9(11(10(15)16)5-4-6-11)12-13-7-2-1-3-8-13/h1-8H2,(H,12,14)(H,15,16). The predicted molar refractivity (Wildman–Crippen MR) is 57.5 cm³/mol. The molecule has 1 saturated heterocycles. The Kier molecular flexibility index (Phi) is 3.14. The summed E-state index contributed by atoms with van der Waals surface area (Å²) in [6.07, 6.45) is 5.11. The van der Waals surface area contributed by atoms with Crippen molar-refractivity contribution in [2.24, 2.45) is 5.41 Å². The van der Waals surface area contributed by atoms with Gasteiger partial charge in [0.1, 0.15) is 5.41 Å². The quantitative estimate of drug-likeness (QED) is 0.697. The molecule has 0 unspecified atom stereocenters. The van der Waals surface area contributed by atoms with Crippen LogP contribution in [-0.4, -0.2) is 35.1 Å². The van der Waals surface area contributed by atoms with Crippen LogP contribution in [0.25, 0.3) is 0 Å². The normalized spacial score (nSPS) is 24.5. The maximum atomic E-state index is 11.9. The molecular formula is C11H18N2O3. The van der Waals surface area contributed by atoms with Crippen LogP contribution >= 0.6 is 0 Å². The molecule has 0 bridgehead atoms. The van der Waals surface area contributed by atoms with Crippen molar-refractivity contribution in [3.05, 3.63) is 0 Å². The Labute approximate surface area is 94.8 Å². The number of piperidine rings is 1. The van der Waals surface area contributed by atoms with Crippen LogP contribution in [0.4, 0.5) is 0 Å². The van der Waals surface area contributed by atoms with Gasteiger partial charge in [0.2, 0.25) is 0 Å². The first kappa shape index (κ1) is 11.4. The first-order chi connectivity index (χ1) is 7.65. The number of rotatable bonds is 3. The van der Waals surface area contributed by atoms with Gasteiger partial charge >= 0.3 is 5.97 Å². The molecule has 2 fully saturated rings. The number of amides is 1. The summed E-state index contributed by atoms with van der Waals surface area (Å²) >= 11 is 0. The lowest BCUT2D eigenvalue weighted by molar-refractivity contribution is -0.164. The number of nitrogens with one attached hydrogen (secondary N) is 1. The lowest BCUT2D eigenvalue weighted by atomic mass is 9.68. The molecular weight excluding hydrogens is 208 g/mol. The van der Waals surface area contributed by atoms with E-state index in [-0.39, 0.29) is 5.91 Å². The fourth-order valence-corrected chi connectivity index (χ4v) is 2.32. The lowest BCUT2D eigenvalue weighted by Gasteiger charge is -2.38. The van der Waals surface area contributed by atoms with Crippen LogP contribution in [0.5, 0.6) is 0 Å². The van der Waals surface area contributed by atoms with Crippen molar-refractivity contribution in [2.45, 2.75) is 38.5 Å². The molecule has 0 aromatic rings. The summed E-state index contributed by atoms with van der Waals surface area (Å²) in [4.78, 5) is 23.0. The number of carbonyl (C=O) groups is 2. The second-order valence-electron chi connectivity index (χ2n) is 4.73. The molecule has 0 aromatic carbocycles. The Balaban J connectivity index is 1.93. The number of hydrogen-bond acceptors (Lipinski definition) is 3. The summed E-state index contributed by atoms with van der Waals surface area (Å²) in [5.41, 5.74) is 1.62. The second kappa shape index (κ2) is 4.41. The van der Waals surface area contributed by atoms with Gasteiger partial charge in [-0.1, -0.05) is 12.8 Å². The minimum Gasteiger partial charge on any atom is -0.480 e. The van der Waals surface area contributed by atoms with Gasteiger partial charge in [-0.25, -0.2) is 5.01 Å². The zero-order chi connectivity index (χ0) is 11.6. The smallest absolute Gasteiger partial charge is 0.319 e. The minimum atomic E-state index is -1.14. The zero-order valence-electron chi connectivity index (χ0n) is 9.37. The molecule has 1 aliphatic carbocycles. The highest BCUT2D eigenvalue weighted by Gasteiger charge is 2.51. The number of carbonyl (C=O) groups excluding carboxylic acids is 1. The summed E-state index contributed by atoms with van der Waals surface area (Å²) in [6.45, 7) is 1.67. The van der Waals surface area contributed by atoms with Crippen molar-refractivity contribution in [2.75, 3.05) is 13.1 Å². The van der Waals surface area contributed by atoms with Crippen molar-refractivity contribution in [1.82, 2.24) is 10.4 Å². The van der Waals surface area contributed by atoms with Gasteiger partial charge in [-0.15, -0.1) is 0 Å². The van der Waals surface area contributed by atoms with Crippen molar-refractivity contribution in [3.63, 3.8) is 0 Å². The maximum Gasteiger partial charge on any atom is 0.319 e. The minimum absolute atomic E-state index is 0.326. The molecule has 0 spiro atoms. The van der Waals surface area contributed by atoms with Crippen molar-refractivity contribution < 1.29 is 14.7 Å². The molecule has 2 rings (SSSR count). The first-order valence-electron chi connectivity index (χ1n) is 5.95. The van der Waals surface area contributed by atoms with Gasteiger partial charge in [0.05, 0.1) is 0 Å². The summed E-state index contributed by atoms with van der Waals surface area (Å²) in [5.74, 6) is -1.30. The van der Waals surface area contributed by atoms with Crippen LogP contribution < -0.4 is 5.43 Å². The van der Waals surface area contributed by atoms with E-state index in [2.05, 4.69) is 5.43 Å². The number of hydrazine groups is 1. The largest absolute Gasteiger partial charge is 0.480 e. The van der Waals surface area contributed by atoms with Crippen LogP contribution in [0, 0.1) is 5.41 Å². The molecule has 1 amide bonds. The zero-order valence-corrected chi connectivity index (χ0v) is 9.37. The van der Waals surface area contributed by atoms with Crippen LogP contribution in [0.15, 0.2) is 0 Å². The van der Waals surface area contributed by atoms with Crippen LogP contribution in [0.1, 0.15) is 38.5 Å². The van der Waals surface area contributed by atoms with Gasteiger partial charge < -0.3 is 5.11 Å².